The molecule has 8 heteroatoms. The molecule has 0 saturated carbocycles. The van der Waals surface area contributed by atoms with E-state index in [9.17, 15) is 14.0 Å². The van der Waals surface area contributed by atoms with Crippen LogP contribution in [0.1, 0.15) is 18.1 Å². The summed E-state index contributed by atoms with van der Waals surface area (Å²) in [5.74, 6) is -0.662. The Kier molecular flexibility index (Phi) is 6.77. The van der Waals surface area contributed by atoms with Crippen LogP contribution in [0.15, 0.2) is 48.7 Å². The van der Waals surface area contributed by atoms with Crippen molar-refractivity contribution in [3.63, 3.8) is 0 Å². The van der Waals surface area contributed by atoms with Gasteiger partial charge in [0.2, 0.25) is 11.8 Å². The highest BCUT2D eigenvalue weighted by atomic mass is 35.5. The van der Waals surface area contributed by atoms with Crippen LogP contribution in [0.4, 0.5) is 4.39 Å². The first-order valence-corrected chi connectivity index (χ1v) is 11.1. The number of H-pyrrole nitrogens is 1. The molecule has 2 N–H and O–H groups in total. The summed E-state index contributed by atoms with van der Waals surface area (Å²) in [6, 6.07) is 11.9. The molecule has 0 unspecified atom stereocenters. The van der Waals surface area contributed by atoms with E-state index >= 15 is 0 Å². The molecule has 1 fully saturated rings. The number of nitrogens with zero attached hydrogens (tertiary/aromatic N) is 2. The molecule has 1 aliphatic rings. The van der Waals surface area contributed by atoms with Gasteiger partial charge in [-0.3, -0.25) is 14.5 Å². The third kappa shape index (κ3) is 4.95. The van der Waals surface area contributed by atoms with Crippen LogP contribution in [0.25, 0.3) is 10.9 Å². The van der Waals surface area contributed by atoms with Gasteiger partial charge in [0.1, 0.15) is 11.9 Å². The number of halogens is 2. The van der Waals surface area contributed by atoms with Gasteiger partial charge in [-0.25, -0.2) is 4.39 Å². The summed E-state index contributed by atoms with van der Waals surface area (Å²) in [7, 11) is 0. The molecule has 0 aliphatic carbocycles. The number of aromatic amines is 1. The van der Waals surface area contributed by atoms with Gasteiger partial charge in [0.15, 0.2) is 0 Å². The van der Waals surface area contributed by atoms with Crippen LogP contribution in [0.5, 0.6) is 0 Å². The molecule has 168 valence electrons. The highest BCUT2D eigenvalue weighted by Crippen LogP contribution is 2.22. The first-order valence-electron chi connectivity index (χ1n) is 10.7. The highest BCUT2D eigenvalue weighted by molar-refractivity contribution is 6.31. The standard InChI is InChI=1S/C24H26ClFN4O2/c1-16(31)28-23(13-17-14-27-22-8-3-2-5-18(17)22)24(32)30-11-9-29(10-12-30)15-19-20(25)6-4-7-21(19)26/h2-8,14,23,27H,9-13,15H2,1H3,(H,28,31)/t23-/m0/s1. The highest BCUT2D eigenvalue weighted by Gasteiger charge is 2.29. The normalized spacial score (nSPS) is 15.7. The average molecular weight is 457 g/mol. The second kappa shape index (κ2) is 9.71. The molecular weight excluding hydrogens is 431 g/mol. The van der Waals surface area contributed by atoms with Crippen molar-refractivity contribution in [3.05, 3.63) is 70.6 Å². The Balaban J connectivity index is 1.41. The number of carbonyl (C=O) groups is 2. The van der Waals surface area contributed by atoms with Crippen molar-refractivity contribution < 1.29 is 14.0 Å². The second-order valence-electron chi connectivity index (χ2n) is 8.12. The molecule has 2 aromatic carbocycles. The molecule has 0 radical (unpaired) electrons. The molecule has 1 aromatic heterocycles. The van der Waals surface area contributed by atoms with Gasteiger partial charge < -0.3 is 15.2 Å². The molecule has 2 heterocycles. The van der Waals surface area contributed by atoms with Gasteiger partial charge in [-0.2, -0.15) is 0 Å². The SMILES string of the molecule is CC(=O)N[C@@H](Cc1c[nH]c2ccccc12)C(=O)N1CCN(Cc2c(F)cccc2Cl)CC1. The fourth-order valence-corrected chi connectivity index (χ4v) is 4.44. The number of para-hydroxylation sites is 1. The molecule has 1 atom stereocenters. The van der Waals surface area contributed by atoms with E-state index in [1.165, 1.54) is 13.0 Å². The van der Waals surface area contributed by atoms with Gasteiger partial charge in [0.25, 0.3) is 0 Å². The van der Waals surface area contributed by atoms with Gasteiger partial charge in [0, 0.05) is 73.8 Å². The van der Waals surface area contributed by atoms with Crippen LogP contribution in [0.3, 0.4) is 0 Å². The summed E-state index contributed by atoms with van der Waals surface area (Å²) in [5, 5.41) is 4.28. The van der Waals surface area contributed by atoms with Crippen LogP contribution >= 0.6 is 11.6 Å². The van der Waals surface area contributed by atoms with Crippen LogP contribution in [-0.4, -0.2) is 58.8 Å². The van der Waals surface area contributed by atoms with E-state index < -0.39 is 6.04 Å². The summed E-state index contributed by atoms with van der Waals surface area (Å²) in [6.45, 7) is 4.06. The summed E-state index contributed by atoms with van der Waals surface area (Å²) < 4.78 is 14.1. The lowest BCUT2D eigenvalue weighted by Gasteiger charge is -2.36. The van der Waals surface area contributed by atoms with Crippen molar-refractivity contribution >= 4 is 34.3 Å². The Morgan fingerprint density at radius 3 is 2.59 bits per heavy atom. The Labute approximate surface area is 191 Å². The number of carbonyl (C=O) groups excluding carboxylic acids is 2. The first kappa shape index (κ1) is 22.3. The minimum absolute atomic E-state index is 0.103. The Bertz CT molecular complexity index is 1100. The topological polar surface area (TPSA) is 68.4 Å². The number of hydrogen-bond donors (Lipinski definition) is 2. The predicted octanol–water partition coefficient (Wildman–Crippen LogP) is 3.35. The van der Waals surface area contributed by atoms with Gasteiger partial charge in [-0.15, -0.1) is 0 Å². The van der Waals surface area contributed by atoms with E-state index in [2.05, 4.69) is 15.2 Å². The van der Waals surface area contributed by atoms with Crippen LogP contribution < -0.4 is 5.32 Å². The lowest BCUT2D eigenvalue weighted by Crippen LogP contribution is -2.55. The molecule has 3 aromatic rings. The third-order valence-corrected chi connectivity index (χ3v) is 6.26. The molecule has 1 saturated heterocycles. The molecule has 32 heavy (non-hydrogen) atoms. The summed E-state index contributed by atoms with van der Waals surface area (Å²) in [6.07, 6.45) is 2.30. The zero-order chi connectivity index (χ0) is 22.7. The maximum atomic E-state index is 14.1. The Morgan fingerprint density at radius 2 is 1.88 bits per heavy atom. The molecule has 1 aliphatic heterocycles. The van der Waals surface area contributed by atoms with E-state index in [4.69, 9.17) is 11.6 Å². The monoisotopic (exact) mass is 456 g/mol. The fourth-order valence-electron chi connectivity index (χ4n) is 4.22. The van der Waals surface area contributed by atoms with Crippen LogP contribution in [-0.2, 0) is 22.6 Å². The van der Waals surface area contributed by atoms with Crippen LogP contribution in [0.2, 0.25) is 5.02 Å². The van der Waals surface area contributed by atoms with Crippen molar-refractivity contribution in [2.75, 3.05) is 26.2 Å². The van der Waals surface area contributed by atoms with Crippen LogP contribution in [0, 0.1) is 5.82 Å². The summed E-state index contributed by atoms with van der Waals surface area (Å²) >= 11 is 6.15. The van der Waals surface area contributed by atoms with Gasteiger partial charge >= 0.3 is 0 Å². The van der Waals surface area contributed by atoms with E-state index in [0.717, 1.165) is 16.5 Å². The van der Waals surface area contributed by atoms with Crippen molar-refractivity contribution in [3.8, 4) is 0 Å². The van der Waals surface area contributed by atoms with E-state index in [-0.39, 0.29) is 17.6 Å². The van der Waals surface area contributed by atoms with Crippen molar-refractivity contribution in [1.82, 2.24) is 20.1 Å². The van der Waals surface area contributed by atoms with Crippen molar-refractivity contribution in [2.45, 2.75) is 25.9 Å². The van der Waals surface area contributed by atoms with Gasteiger partial charge in [0.05, 0.1) is 0 Å². The number of amides is 2. The molecule has 2 amide bonds. The van der Waals surface area contributed by atoms with Gasteiger partial charge in [-0.1, -0.05) is 35.9 Å². The maximum absolute atomic E-state index is 14.1. The smallest absolute Gasteiger partial charge is 0.245 e. The number of aromatic nitrogens is 1. The summed E-state index contributed by atoms with van der Waals surface area (Å²) in [5.41, 5.74) is 2.46. The minimum atomic E-state index is -0.640. The number of piperazine rings is 1. The fraction of sp³-hybridized carbons (Fsp3) is 0.333. The van der Waals surface area contributed by atoms with Gasteiger partial charge in [-0.05, 0) is 23.8 Å². The van der Waals surface area contributed by atoms with E-state index in [1.54, 1.807) is 17.0 Å². The molecule has 4 rings (SSSR count). The summed E-state index contributed by atoms with van der Waals surface area (Å²) in [4.78, 5) is 32.2. The average Bonchev–Trinajstić information content (AvgIpc) is 3.18. The largest absolute Gasteiger partial charge is 0.361 e. The molecular formula is C24H26ClFN4O2. The van der Waals surface area contributed by atoms with Crippen molar-refractivity contribution in [1.29, 1.82) is 0 Å². The predicted molar refractivity (Wildman–Crippen MR) is 123 cm³/mol. The third-order valence-electron chi connectivity index (χ3n) is 5.90. The maximum Gasteiger partial charge on any atom is 0.245 e. The zero-order valence-electron chi connectivity index (χ0n) is 17.9. The lowest BCUT2D eigenvalue weighted by atomic mass is 10.0. The van der Waals surface area contributed by atoms with Crippen molar-refractivity contribution in [2.24, 2.45) is 0 Å². The molecule has 0 spiro atoms. The number of rotatable bonds is 6. The number of benzene rings is 2. The number of fused-ring (bicyclic) bond motifs is 1. The minimum Gasteiger partial charge on any atom is -0.361 e. The number of nitrogens with one attached hydrogen (secondary N) is 2. The van der Waals surface area contributed by atoms with E-state index in [0.29, 0.717) is 49.7 Å². The quantitative estimate of drug-likeness (QED) is 0.597. The zero-order valence-corrected chi connectivity index (χ0v) is 18.7. The molecule has 6 nitrogen and oxygen atoms in total. The second-order valence-corrected chi connectivity index (χ2v) is 8.53. The lowest BCUT2D eigenvalue weighted by molar-refractivity contribution is -0.137. The Hall–Kier alpha value is -2.90. The Morgan fingerprint density at radius 1 is 1.12 bits per heavy atom. The molecule has 0 bridgehead atoms. The number of hydrogen-bond acceptors (Lipinski definition) is 3. The first-order chi connectivity index (χ1) is 15.4. The van der Waals surface area contributed by atoms with E-state index in [1.807, 2.05) is 30.5 Å².